The topological polar surface area (TPSA) is 141 Å². The van der Waals surface area contributed by atoms with Gasteiger partial charge in [0, 0.05) is 13.0 Å². The van der Waals surface area contributed by atoms with Crippen LogP contribution in [0.25, 0.3) is 0 Å². The van der Waals surface area contributed by atoms with Crippen LogP contribution in [0.5, 0.6) is 5.75 Å². The van der Waals surface area contributed by atoms with Crippen LogP contribution in [0.3, 0.4) is 0 Å². The zero-order chi connectivity index (χ0) is 29.8. The van der Waals surface area contributed by atoms with Gasteiger partial charge in [-0.15, -0.1) is 0 Å². The van der Waals surface area contributed by atoms with Gasteiger partial charge in [-0.25, -0.2) is 0 Å². The molecule has 3 aliphatic rings. The maximum Gasteiger partial charge on any atom is 0.471 e. The van der Waals surface area contributed by atoms with E-state index in [0.717, 1.165) is 0 Å². The van der Waals surface area contributed by atoms with Crippen molar-refractivity contribution in [2.45, 2.75) is 71.4 Å². The monoisotopic (exact) mass is 563 g/mol. The molecule has 0 radical (unpaired) electrons. The van der Waals surface area contributed by atoms with E-state index in [1.165, 1.54) is 25.7 Å². The van der Waals surface area contributed by atoms with Gasteiger partial charge in [0.05, 0.1) is 11.8 Å². The first kappa shape index (κ1) is 29.2. The molecule has 0 spiro atoms. The Hall–Kier alpha value is -3.82. The van der Waals surface area contributed by atoms with E-state index >= 15 is 0 Å². The molecule has 2 heterocycles. The number of halogens is 3. The molecule has 40 heavy (non-hydrogen) atoms. The summed E-state index contributed by atoms with van der Waals surface area (Å²) in [5.74, 6) is -4.17. The average Bonchev–Trinajstić information content (AvgIpc) is 3.18. The highest BCUT2D eigenvalue weighted by Crippen LogP contribution is 2.65. The molecule has 3 N–H and O–H groups in total. The molecule has 0 unspecified atom stereocenters. The minimum absolute atomic E-state index is 0.0874. The summed E-state index contributed by atoms with van der Waals surface area (Å²) < 4.78 is 44.8. The molecule has 0 bridgehead atoms. The number of hydrogen-bond acceptors (Lipinski definition) is 6. The predicted octanol–water partition coefficient (Wildman–Crippen LogP) is 2.36. The molecule has 1 aromatic carbocycles. The zero-order valence-corrected chi connectivity index (χ0v) is 22.8. The number of fused-ring (bicyclic) bond motifs is 2. The van der Waals surface area contributed by atoms with Gasteiger partial charge in [0.2, 0.25) is 11.8 Å². The Labute approximate surface area is 229 Å². The van der Waals surface area contributed by atoms with E-state index in [4.69, 9.17) is 4.74 Å². The van der Waals surface area contributed by atoms with Crippen molar-refractivity contribution in [3.63, 3.8) is 0 Å². The molecule has 10 nitrogen and oxygen atoms in total. The van der Waals surface area contributed by atoms with Crippen molar-refractivity contribution in [3.8, 4) is 11.8 Å². The summed E-state index contributed by atoms with van der Waals surface area (Å²) in [5.41, 5.74) is -0.934. The smallest absolute Gasteiger partial charge is 0.471 e. The van der Waals surface area contributed by atoms with E-state index in [1.807, 2.05) is 19.9 Å². The highest BCUT2D eigenvalue weighted by Gasteiger charge is 2.70. The van der Waals surface area contributed by atoms with Crippen LogP contribution in [0.4, 0.5) is 18.9 Å². The summed E-state index contributed by atoms with van der Waals surface area (Å²) in [6, 6.07) is 4.93. The number of alkyl halides is 3. The molecule has 4 amide bonds. The van der Waals surface area contributed by atoms with Crippen LogP contribution in [0.2, 0.25) is 0 Å². The lowest BCUT2D eigenvalue weighted by atomic mass is 9.85. The van der Waals surface area contributed by atoms with Crippen molar-refractivity contribution in [3.05, 3.63) is 24.3 Å². The lowest BCUT2D eigenvalue weighted by molar-refractivity contribution is -0.176. The molecular formula is C27H32F3N5O5. The molecule has 13 heteroatoms. The number of benzene rings is 1. The third-order valence-corrected chi connectivity index (χ3v) is 8.03. The number of hydrogen-bond donors (Lipinski definition) is 3. The minimum atomic E-state index is -5.19. The van der Waals surface area contributed by atoms with Gasteiger partial charge in [0.1, 0.15) is 23.9 Å². The second-order valence-corrected chi connectivity index (χ2v) is 12.2. The number of para-hydroxylation sites is 2. The number of rotatable bonds is 6. The van der Waals surface area contributed by atoms with Gasteiger partial charge in [-0.2, -0.15) is 18.4 Å². The average molecular weight is 564 g/mol. The fourth-order valence-electron chi connectivity index (χ4n) is 5.70. The molecule has 1 saturated carbocycles. The van der Waals surface area contributed by atoms with Crippen LogP contribution >= 0.6 is 0 Å². The number of carbonyl (C=O) groups excluding carboxylic acids is 4. The molecular weight excluding hydrogens is 531 g/mol. The Balaban J connectivity index is 1.52. The summed E-state index contributed by atoms with van der Waals surface area (Å²) in [5, 5.41) is 16.9. The van der Waals surface area contributed by atoms with Crippen LogP contribution in [-0.4, -0.2) is 65.5 Å². The standard InChI is InChI=1S/C27H32F3N5O5/c1-25(2,3)20(34-24(39)27(28,29)30)23(38)35-12-14-18(26(14,4)5)19(35)22(37)32-13(11-31)10-17-21(36)33-15-8-6-7-9-16(15)40-17/h6-9,13-14,17-20H,10,12H2,1-5H3,(H,32,37)(H,33,36)(H,34,39)/t13-,14-,17-,18-,19-,20+/m0/s1. The van der Waals surface area contributed by atoms with Crippen molar-refractivity contribution < 1.29 is 37.1 Å². The van der Waals surface area contributed by atoms with Gasteiger partial charge >= 0.3 is 12.1 Å². The number of nitrogens with zero attached hydrogens (tertiary/aromatic N) is 2. The normalized spacial score (nSPS) is 26.2. The van der Waals surface area contributed by atoms with E-state index in [1.54, 1.807) is 29.6 Å². The lowest BCUT2D eigenvalue weighted by Gasteiger charge is -2.38. The van der Waals surface area contributed by atoms with Crippen molar-refractivity contribution in [1.29, 1.82) is 5.26 Å². The third kappa shape index (κ3) is 5.44. The number of anilines is 1. The molecule has 6 atom stereocenters. The van der Waals surface area contributed by atoms with Crippen LogP contribution < -0.4 is 20.7 Å². The summed E-state index contributed by atoms with van der Waals surface area (Å²) in [6.07, 6.45) is -6.43. The minimum Gasteiger partial charge on any atom is -0.478 e. The predicted molar refractivity (Wildman–Crippen MR) is 135 cm³/mol. The maximum absolute atomic E-state index is 13.6. The van der Waals surface area contributed by atoms with E-state index < -0.39 is 59.4 Å². The Morgan fingerprint density at radius 1 is 1.20 bits per heavy atom. The van der Waals surface area contributed by atoms with Gasteiger partial charge in [0.25, 0.3) is 5.91 Å². The number of nitriles is 1. The Kier molecular flexibility index (Phi) is 7.28. The SMILES string of the molecule is CC(C)(C)[C@H](NC(=O)C(F)(F)F)C(=O)N1C[C@H]2[C@@H]([C@H]1C(=O)N[C@H](C#N)C[C@@H]1Oc3ccccc3NC1=O)C2(C)C. The molecule has 0 aromatic heterocycles. The first-order chi connectivity index (χ1) is 18.5. The molecule has 1 aliphatic carbocycles. The highest BCUT2D eigenvalue weighted by atomic mass is 19.4. The van der Waals surface area contributed by atoms with Crippen LogP contribution in [0, 0.1) is 34.0 Å². The number of piperidine rings is 1. The second kappa shape index (κ2) is 9.98. The fraction of sp³-hybridized carbons (Fsp3) is 0.593. The maximum atomic E-state index is 13.6. The van der Waals surface area contributed by atoms with Crippen LogP contribution in [-0.2, 0) is 19.2 Å². The zero-order valence-electron chi connectivity index (χ0n) is 22.8. The molecule has 216 valence electrons. The van der Waals surface area contributed by atoms with Gasteiger partial charge in [-0.05, 0) is 34.8 Å². The quantitative estimate of drug-likeness (QED) is 0.486. The lowest BCUT2D eigenvalue weighted by Crippen LogP contribution is -2.61. The van der Waals surface area contributed by atoms with Crippen molar-refractivity contribution >= 4 is 29.3 Å². The largest absolute Gasteiger partial charge is 0.478 e. The number of likely N-dealkylation sites (tertiary alicyclic amines) is 1. The highest BCUT2D eigenvalue weighted by molar-refractivity contribution is 5.98. The van der Waals surface area contributed by atoms with Crippen molar-refractivity contribution in [2.24, 2.45) is 22.7 Å². The Bertz CT molecular complexity index is 1270. The second-order valence-electron chi connectivity index (χ2n) is 12.2. The Morgan fingerprint density at radius 3 is 2.45 bits per heavy atom. The Morgan fingerprint density at radius 2 is 1.85 bits per heavy atom. The molecule has 1 saturated heterocycles. The number of amides is 4. The van der Waals surface area contributed by atoms with Gasteiger partial charge in [-0.3, -0.25) is 19.2 Å². The van der Waals surface area contributed by atoms with Crippen LogP contribution in [0.15, 0.2) is 24.3 Å². The number of carbonyl (C=O) groups is 4. The van der Waals surface area contributed by atoms with E-state index in [-0.39, 0.29) is 30.2 Å². The number of nitrogens with one attached hydrogen (secondary N) is 3. The van der Waals surface area contributed by atoms with Gasteiger partial charge in [0.15, 0.2) is 6.10 Å². The summed E-state index contributed by atoms with van der Waals surface area (Å²) in [6.45, 7) is 8.52. The summed E-state index contributed by atoms with van der Waals surface area (Å²) >= 11 is 0. The third-order valence-electron chi connectivity index (χ3n) is 8.03. The van der Waals surface area contributed by atoms with E-state index in [9.17, 15) is 37.6 Å². The summed E-state index contributed by atoms with van der Waals surface area (Å²) in [7, 11) is 0. The van der Waals surface area contributed by atoms with Crippen molar-refractivity contribution in [1.82, 2.24) is 15.5 Å². The summed E-state index contributed by atoms with van der Waals surface area (Å²) in [4.78, 5) is 52.7. The molecule has 1 aromatic rings. The molecule has 2 fully saturated rings. The number of ether oxygens (including phenoxy) is 1. The van der Waals surface area contributed by atoms with Gasteiger partial charge < -0.3 is 25.6 Å². The first-order valence-electron chi connectivity index (χ1n) is 12.9. The van der Waals surface area contributed by atoms with E-state index in [2.05, 4.69) is 10.6 Å². The van der Waals surface area contributed by atoms with E-state index in [0.29, 0.717) is 11.4 Å². The van der Waals surface area contributed by atoms with Gasteiger partial charge in [-0.1, -0.05) is 46.8 Å². The first-order valence-corrected chi connectivity index (χ1v) is 12.9. The van der Waals surface area contributed by atoms with Crippen molar-refractivity contribution in [2.75, 3.05) is 11.9 Å². The van der Waals surface area contributed by atoms with Crippen LogP contribution in [0.1, 0.15) is 41.0 Å². The fourth-order valence-corrected chi connectivity index (χ4v) is 5.70. The molecule has 4 rings (SSSR count). The molecule has 2 aliphatic heterocycles.